The van der Waals surface area contributed by atoms with Gasteiger partial charge in [-0.3, -0.25) is 0 Å². The van der Waals surface area contributed by atoms with Gasteiger partial charge >= 0.3 is 0 Å². The molecule has 1 aliphatic heterocycles. The van der Waals surface area contributed by atoms with Crippen molar-refractivity contribution in [2.24, 2.45) is 0 Å². The number of aryl methyl sites for hydroxylation is 1. The predicted octanol–water partition coefficient (Wildman–Crippen LogP) is 14.8. The van der Waals surface area contributed by atoms with E-state index >= 15 is 0 Å². The first kappa shape index (κ1) is 34.0. The van der Waals surface area contributed by atoms with Gasteiger partial charge in [-0.15, -0.1) is 11.3 Å². The largest absolute Gasteiger partial charge is 0.317 e. The molecule has 2 nitrogen and oxygen atoms in total. The van der Waals surface area contributed by atoms with Gasteiger partial charge < -0.3 is 4.90 Å². The third-order valence-corrected chi connectivity index (χ3v) is 12.4. The van der Waals surface area contributed by atoms with Crippen molar-refractivity contribution in [2.75, 3.05) is 4.90 Å². The zero-order valence-corrected chi connectivity index (χ0v) is 32.0. The molecule has 268 valence electrons. The molecule has 0 atom stereocenters. The van der Waals surface area contributed by atoms with Crippen molar-refractivity contribution in [2.45, 2.75) is 25.7 Å². The van der Waals surface area contributed by atoms with E-state index in [0.29, 0.717) is 0 Å². The van der Waals surface area contributed by atoms with E-state index in [-0.39, 0.29) is 0 Å². The Labute approximate surface area is 333 Å². The molecule has 0 bridgehead atoms. The van der Waals surface area contributed by atoms with Gasteiger partial charge in [0.05, 0.1) is 17.1 Å². The standard InChI is InChI=1S/C53H40N2S/c1-36-33-40(44-20-8-9-21-46(44)50-35-41(37-15-4-2-5-16-37)34-49(54-50)39-17-6-3-7-18-39)31-32-55(51-25-12-10-19-43(36)51)42-29-27-38(28-30-42)45-23-14-24-48-47-22-11-13-26-52(47)56-53(45)48/h2,4-6,8-10,12-21,23-35H,1,3,7,11,22H2/b32-31-,40-33+. The Hall–Kier alpha value is -6.55. The number of fused-ring (bicyclic) bond motifs is 4. The SMILES string of the molecule is C=C1/C=C(c2ccccc2-c2cc(-c3ccccc3)cc(C3=CCCC=C3)n2)\C=C/N(c2ccc(-c3cccc4c5c(sc34)C=CCC5)cc2)c2ccccc21. The van der Waals surface area contributed by atoms with E-state index in [1.165, 1.54) is 42.8 Å². The molecule has 2 aliphatic carbocycles. The summed E-state index contributed by atoms with van der Waals surface area (Å²) in [5.41, 5.74) is 17.0. The van der Waals surface area contributed by atoms with Crippen molar-refractivity contribution in [1.82, 2.24) is 4.98 Å². The average molecular weight is 737 g/mol. The van der Waals surface area contributed by atoms with Crippen LogP contribution in [0, 0.1) is 0 Å². The van der Waals surface area contributed by atoms with Gasteiger partial charge in [0.1, 0.15) is 0 Å². The number of benzene rings is 5. The van der Waals surface area contributed by atoms with Gasteiger partial charge in [0.2, 0.25) is 0 Å². The summed E-state index contributed by atoms with van der Waals surface area (Å²) in [6.45, 7) is 4.63. The molecule has 0 unspecified atom stereocenters. The molecule has 0 saturated heterocycles. The minimum Gasteiger partial charge on any atom is -0.317 e. The van der Waals surface area contributed by atoms with E-state index in [0.717, 1.165) is 81.8 Å². The Morgan fingerprint density at radius 3 is 2.16 bits per heavy atom. The van der Waals surface area contributed by atoms with Gasteiger partial charge in [-0.25, -0.2) is 4.98 Å². The molecule has 3 heteroatoms. The quantitative estimate of drug-likeness (QED) is 0.169. The van der Waals surface area contributed by atoms with Crippen molar-refractivity contribution >= 4 is 55.6 Å². The summed E-state index contributed by atoms with van der Waals surface area (Å²) in [4.78, 5) is 9.03. The molecule has 10 rings (SSSR count). The van der Waals surface area contributed by atoms with Crippen LogP contribution in [-0.4, -0.2) is 4.98 Å². The lowest BCUT2D eigenvalue weighted by Crippen LogP contribution is -2.11. The molecule has 0 amide bonds. The fourth-order valence-corrected chi connectivity index (χ4v) is 9.62. The highest BCUT2D eigenvalue weighted by Gasteiger charge is 2.20. The van der Waals surface area contributed by atoms with Crippen LogP contribution >= 0.6 is 11.3 Å². The van der Waals surface area contributed by atoms with Crippen molar-refractivity contribution in [3.63, 3.8) is 0 Å². The van der Waals surface area contributed by atoms with Gasteiger partial charge in [-0.05, 0) is 130 Å². The summed E-state index contributed by atoms with van der Waals surface area (Å²) in [5, 5.41) is 1.40. The molecule has 0 saturated carbocycles. The maximum absolute atomic E-state index is 5.33. The second-order valence-corrected chi connectivity index (χ2v) is 15.7. The number of pyridine rings is 1. The molecule has 7 aromatic rings. The minimum absolute atomic E-state index is 0.948. The summed E-state index contributed by atoms with van der Waals surface area (Å²) in [7, 11) is 0. The van der Waals surface area contributed by atoms with Crippen LogP contribution in [-0.2, 0) is 6.42 Å². The number of anilines is 2. The minimum atomic E-state index is 0.948. The van der Waals surface area contributed by atoms with Gasteiger partial charge in [0.25, 0.3) is 0 Å². The van der Waals surface area contributed by atoms with E-state index in [4.69, 9.17) is 4.98 Å². The normalized spacial score (nSPS) is 16.4. The van der Waals surface area contributed by atoms with Crippen molar-refractivity contribution < 1.29 is 0 Å². The highest BCUT2D eigenvalue weighted by atomic mass is 32.1. The molecule has 3 aliphatic rings. The van der Waals surface area contributed by atoms with Crippen molar-refractivity contribution in [3.05, 3.63) is 210 Å². The van der Waals surface area contributed by atoms with Crippen LogP contribution in [0.25, 0.3) is 66.4 Å². The van der Waals surface area contributed by atoms with Crippen LogP contribution in [0.5, 0.6) is 0 Å². The number of para-hydroxylation sites is 1. The Balaban J connectivity index is 1.05. The lowest BCUT2D eigenvalue weighted by molar-refractivity contribution is 1.01. The first-order valence-electron chi connectivity index (χ1n) is 19.5. The molecule has 0 spiro atoms. The zero-order chi connectivity index (χ0) is 37.4. The third kappa shape index (κ3) is 6.30. The van der Waals surface area contributed by atoms with Crippen LogP contribution in [0.3, 0.4) is 0 Å². The van der Waals surface area contributed by atoms with Crippen LogP contribution in [0.2, 0.25) is 0 Å². The second-order valence-electron chi connectivity index (χ2n) is 14.6. The molecule has 56 heavy (non-hydrogen) atoms. The van der Waals surface area contributed by atoms with Crippen LogP contribution < -0.4 is 4.90 Å². The number of allylic oxidation sites excluding steroid dienone is 9. The summed E-state index contributed by atoms with van der Waals surface area (Å²) >= 11 is 1.92. The Kier molecular flexibility index (Phi) is 8.86. The van der Waals surface area contributed by atoms with E-state index in [2.05, 4.69) is 194 Å². The molecule has 0 fully saturated rings. The van der Waals surface area contributed by atoms with Gasteiger partial charge in [-0.2, -0.15) is 0 Å². The van der Waals surface area contributed by atoms with E-state index < -0.39 is 0 Å². The fourth-order valence-electron chi connectivity index (χ4n) is 8.30. The van der Waals surface area contributed by atoms with E-state index in [1.807, 2.05) is 11.3 Å². The Morgan fingerprint density at radius 2 is 1.32 bits per heavy atom. The van der Waals surface area contributed by atoms with E-state index in [1.54, 1.807) is 0 Å². The third-order valence-electron chi connectivity index (χ3n) is 11.1. The molecule has 2 aromatic heterocycles. The Bertz CT molecular complexity index is 2810. The molecular formula is C53H40N2S. The van der Waals surface area contributed by atoms with Crippen molar-refractivity contribution in [3.8, 4) is 33.5 Å². The Morgan fingerprint density at radius 1 is 0.571 bits per heavy atom. The number of thiophene rings is 1. The number of rotatable bonds is 6. The number of hydrogen-bond donors (Lipinski definition) is 0. The summed E-state index contributed by atoms with van der Waals surface area (Å²) in [5.74, 6) is 0. The smallest absolute Gasteiger partial charge is 0.0721 e. The van der Waals surface area contributed by atoms with Gasteiger partial charge in [-0.1, -0.05) is 134 Å². The molecular weight excluding hydrogens is 697 g/mol. The topological polar surface area (TPSA) is 16.1 Å². The van der Waals surface area contributed by atoms with Crippen LogP contribution in [0.15, 0.2) is 183 Å². The van der Waals surface area contributed by atoms with Crippen LogP contribution in [0.1, 0.15) is 46.5 Å². The number of hydrogen-bond acceptors (Lipinski definition) is 3. The fraction of sp³-hybridized carbons (Fsp3) is 0.0755. The highest BCUT2D eigenvalue weighted by molar-refractivity contribution is 7.20. The summed E-state index contributed by atoms with van der Waals surface area (Å²) in [6, 6.07) is 48.1. The average Bonchev–Trinajstić information content (AvgIpc) is 3.65. The first-order chi connectivity index (χ1) is 27.7. The lowest BCUT2D eigenvalue weighted by atomic mass is 9.91. The molecule has 0 radical (unpaired) electrons. The molecule has 5 aromatic carbocycles. The maximum Gasteiger partial charge on any atom is 0.0721 e. The van der Waals surface area contributed by atoms with Crippen molar-refractivity contribution in [1.29, 1.82) is 0 Å². The monoisotopic (exact) mass is 736 g/mol. The maximum atomic E-state index is 5.33. The van der Waals surface area contributed by atoms with Gasteiger partial charge in [0, 0.05) is 32.6 Å². The van der Waals surface area contributed by atoms with Crippen LogP contribution in [0.4, 0.5) is 11.4 Å². The highest BCUT2D eigenvalue weighted by Crippen LogP contribution is 2.43. The van der Waals surface area contributed by atoms with E-state index in [9.17, 15) is 0 Å². The first-order valence-corrected chi connectivity index (χ1v) is 20.3. The molecule has 0 N–H and O–H groups in total. The zero-order valence-electron chi connectivity index (χ0n) is 31.2. The number of aromatic nitrogens is 1. The predicted molar refractivity (Wildman–Crippen MR) is 241 cm³/mol. The lowest BCUT2D eigenvalue weighted by Gasteiger charge is -2.26. The van der Waals surface area contributed by atoms with Gasteiger partial charge in [0.15, 0.2) is 0 Å². The molecule has 3 heterocycles. The summed E-state index contributed by atoms with van der Waals surface area (Å²) in [6.07, 6.45) is 22.4. The summed E-state index contributed by atoms with van der Waals surface area (Å²) < 4.78 is 1.38. The number of nitrogens with zero attached hydrogens (tertiary/aromatic N) is 2. The second kappa shape index (κ2) is 14.6.